The normalized spacial score (nSPS) is 14.1. The second kappa shape index (κ2) is 62.5. The highest BCUT2D eigenvalue weighted by molar-refractivity contribution is 7.47. The predicted octanol–water partition coefficient (Wildman–Crippen LogP) is 19.7. The minimum atomic E-state index is -4.95. The number of aliphatic hydroxyl groups is 1. The zero-order chi connectivity index (χ0) is 64.9. The number of rotatable bonds is 69. The quantitative estimate of drug-likeness (QED) is 0.0222. The van der Waals surface area contributed by atoms with Crippen molar-refractivity contribution in [3.05, 3.63) is 0 Å². The number of ether oxygens (including phenoxy) is 4. The number of carbonyl (C=O) groups is 4. The molecule has 0 aliphatic heterocycles. The van der Waals surface area contributed by atoms with E-state index in [2.05, 4.69) is 34.6 Å². The first-order valence-corrected chi connectivity index (χ1v) is 39.1. The molecule has 522 valence electrons. The third kappa shape index (κ3) is 62.8. The smallest absolute Gasteiger partial charge is 0.462 e. The first-order valence-electron chi connectivity index (χ1n) is 36.1. The van der Waals surface area contributed by atoms with Crippen LogP contribution in [0, 0.1) is 5.92 Å². The van der Waals surface area contributed by atoms with Gasteiger partial charge in [-0.1, -0.05) is 304 Å². The Labute approximate surface area is 537 Å². The Hall–Kier alpha value is -1.94. The van der Waals surface area contributed by atoms with Gasteiger partial charge in [-0.15, -0.1) is 0 Å². The molecule has 5 atom stereocenters. The van der Waals surface area contributed by atoms with Gasteiger partial charge >= 0.3 is 39.5 Å². The third-order valence-electron chi connectivity index (χ3n) is 16.0. The molecule has 0 radical (unpaired) electrons. The van der Waals surface area contributed by atoms with Crippen molar-refractivity contribution in [1.29, 1.82) is 0 Å². The summed E-state index contributed by atoms with van der Waals surface area (Å²) in [5, 5.41) is 10.5. The van der Waals surface area contributed by atoms with Gasteiger partial charge in [0.25, 0.3) is 0 Å². The van der Waals surface area contributed by atoms with Gasteiger partial charge in [-0.2, -0.15) is 0 Å². The Bertz CT molecular complexity index is 1700. The van der Waals surface area contributed by atoms with Gasteiger partial charge in [0.1, 0.15) is 19.3 Å². The number of hydrogen-bond donors (Lipinski definition) is 3. The van der Waals surface area contributed by atoms with Crippen molar-refractivity contribution in [2.45, 2.75) is 374 Å². The van der Waals surface area contributed by atoms with Gasteiger partial charge in [0, 0.05) is 25.7 Å². The van der Waals surface area contributed by atoms with E-state index in [0.29, 0.717) is 31.6 Å². The summed E-state index contributed by atoms with van der Waals surface area (Å²) in [4.78, 5) is 72.2. The van der Waals surface area contributed by atoms with Crippen LogP contribution in [0.1, 0.15) is 356 Å². The molecule has 0 saturated heterocycles. The Kier molecular flexibility index (Phi) is 61.1. The van der Waals surface area contributed by atoms with E-state index >= 15 is 0 Å². The van der Waals surface area contributed by atoms with Gasteiger partial charge in [0.2, 0.25) is 0 Å². The maximum absolute atomic E-state index is 13.0. The van der Waals surface area contributed by atoms with Crippen LogP contribution < -0.4 is 0 Å². The Morgan fingerprint density at radius 2 is 0.523 bits per heavy atom. The molecule has 0 aromatic heterocycles. The van der Waals surface area contributed by atoms with Crippen molar-refractivity contribution in [2.75, 3.05) is 39.6 Å². The van der Waals surface area contributed by atoms with Crippen LogP contribution in [0.25, 0.3) is 0 Å². The van der Waals surface area contributed by atoms with Gasteiger partial charge in [0.15, 0.2) is 12.2 Å². The SMILES string of the molecule is CCCCCCCCCCCCCCCCCCCCCCCCC(=O)O[C@H](COC(=O)CCCCCCCCCCCC)COP(=O)(O)OC[C@@H](O)COP(=O)(O)OC[C@@H](COC(=O)CCCCCCCCC)OC(=O)CCCCCCCCC(C)C. The molecule has 0 bridgehead atoms. The predicted molar refractivity (Wildman–Crippen MR) is 354 cm³/mol. The number of hydrogen-bond acceptors (Lipinski definition) is 15. The molecule has 17 nitrogen and oxygen atoms in total. The van der Waals surface area contributed by atoms with Crippen LogP contribution in [0.3, 0.4) is 0 Å². The maximum Gasteiger partial charge on any atom is 0.472 e. The Morgan fingerprint density at radius 3 is 0.773 bits per heavy atom. The first-order chi connectivity index (χ1) is 42.5. The summed E-state index contributed by atoms with van der Waals surface area (Å²) in [6.07, 6.45) is 49.2. The van der Waals surface area contributed by atoms with Crippen LogP contribution >= 0.6 is 15.6 Å². The van der Waals surface area contributed by atoms with Crippen molar-refractivity contribution >= 4 is 39.5 Å². The Morgan fingerprint density at radius 1 is 0.307 bits per heavy atom. The number of phosphoric acid groups is 2. The lowest BCUT2D eigenvalue weighted by atomic mass is 10.0. The molecule has 0 heterocycles. The lowest BCUT2D eigenvalue weighted by Crippen LogP contribution is -2.30. The average Bonchev–Trinajstić information content (AvgIpc) is 3.69. The van der Waals surface area contributed by atoms with E-state index in [1.165, 1.54) is 167 Å². The van der Waals surface area contributed by atoms with Gasteiger partial charge in [-0.3, -0.25) is 37.3 Å². The highest BCUT2D eigenvalue weighted by atomic mass is 31.2. The second-order valence-electron chi connectivity index (χ2n) is 25.4. The fourth-order valence-corrected chi connectivity index (χ4v) is 12.0. The topological polar surface area (TPSA) is 237 Å². The lowest BCUT2D eigenvalue weighted by Gasteiger charge is -2.21. The van der Waals surface area contributed by atoms with Crippen LogP contribution in [0.2, 0.25) is 0 Å². The molecular weight excluding hydrogens is 1160 g/mol. The van der Waals surface area contributed by atoms with Crippen molar-refractivity contribution in [3.63, 3.8) is 0 Å². The molecule has 0 aliphatic rings. The molecule has 0 spiro atoms. The molecule has 0 aliphatic carbocycles. The molecular formula is C69H134O17P2. The molecule has 0 saturated carbocycles. The van der Waals surface area contributed by atoms with Gasteiger partial charge in [-0.25, -0.2) is 9.13 Å². The largest absolute Gasteiger partial charge is 0.472 e. The fourth-order valence-electron chi connectivity index (χ4n) is 10.5. The molecule has 0 amide bonds. The van der Waals surface area contributed by atoms with E-state index in [0.717, 1.165) is 103 Å². The molecule has 88 heavy (non-hydrogen) atoms. The summed E-state index contributed by atoms with van der Waals surface area (Å²) in [6.45, 7) is 7.08. The standard InChI is InChI=1S/C69H134O17P2/c1-6-9-12-15-18-20-22-23-24-25-26-27-28-29-30-31-32-33-35-38-44-49-54-68(73)85-64(59-80-67(72)53-48-43-37-34-21-19-16-13-10-7-2)60-83-87(75,76)81-56-63(70)57-82-88(77,78)84-61-65(58-79-66(71)52-47-42-36-17-14-11-8-3)86-69(74)55-50-45-40-39-41-46-51-62(4)5/h62-65,70H,6-61H2,1-5H3,(H,75,76)(H,77,78)/t63-,64-,65-/m1/s1. The van der Waals surface area contributed by atoms with Gasteiger partial charge in [-0.05, 0) is 31.6 Å². The number of esters is 4. The molecule has 0 aromatic rings. The van der Waals surface area contributed by atoms with E-state index in [-0.39, 0.29) is 25.7 Å². The van der Waals surface area contributed by atoms with Gasteiger partial charge < -0.3 is 33.8 Å². The van der Waals surface area contributed by atoms with E-state index < -0.39 is 97.5 Å². The monoisotopic (exact) mass is 1300 g/mol. The van der Waals surface area contributed by atoms with Crippen molar-refractivity contribution < 1.29 is 80.2 Å². The molecule has 19 heteroatoms. The van der Waals surface area contributed by atoms with E-state index in [1.54, 1.807) is 0 Å². The second-order valence-corrected chi connectivity index (χ2v) is 28.3. The van der Waals surface area contributed by atoms with Gasteiger partial charge in [0.05, 0.1) is 26.4 Å². The minimum absolute atomic E-state index is 0.102. The summed E-state index contributed by atoms with van der Waals surface area (Å²) >= 11 is 0. The van der Waals surface area contributed by atoms with E-state index in [1.807, 2.05) is 0 Å². The molecule has 0 rings (SSSR count). The fraction of sp³-hybridized carbons (Fsp3) is 0.942. The first kappa shape index (κ1) is 86.1. The maximum atomic E-state index is 13.0. The number of aliphatic hydroxyl groups excluding tert-OH is 1. The van der Waals surface area contributed by atoms with Crippen LogP contribution in [0.15, 0.2) is 0 Å². The number of phosphoric ester groups is 2. The summed E-state index contributed by atoms with van der Waals surface area (Å²) in [7, 11) is -9.89. The van der Waals surface area contributed by atoms with Crippen molar-refractivity contribution in [2.24, 2.45) is 5.92 Å². The summed E-state index contributed by atoms with van der Waals surface area (Å²) in [5.41, 5.74) is 0. The lowest BCUT2D eigenvalue weighted by molar-refractivity contribution is -0.161. The van der Waals surface area contributed by atoms with Crippen molar-refractivity contribution in [1.82, 2.24) is 0 Å². The van der Waals surface area contributed by atoms with Crippen LogP contribution in [0.5, 0.6) is 0 Å². The molecule has 0 aromatic carbocycles. The number of unbranched alkanes of at least 4 members (excludes halogenated alkanes) is 41. The summed E-state index contributed by atoms with van der Waals surface area (Å²) in [5.74, 6) is -1.47. The molecule has 2 unspecified atom stereocenters. The Balaban J connectivity index is 5.08. The van der Waals surface area contributed by atoms with Crippen LogP contribution in [0.4, 0.5) is 0 Å². The highest BCUT2D eigenvalue weighted by Gasteiger charge is 2.30. The minimum Gasteiger partial charge on any atom is -0.462 e. The third-order valence-corrected chi connectivity index (χ3v) is 17.9. The van der Waals surface area contributed by atoms with Crippen molar-refractivity contribution in [3.8, 4) is 0 Å². The molecule has 3 N–H and O–H groups in total. The van der Waals surface area contributed by atoms with Crippen LogP contribution in [-0.2, 0) is 65.4 Å². The highest BCUT2D eigenvalue weighted by Crippen LogP contribution is 2.45. The average molecular weight is 1300 g/mol. The van der Waals surface area contributed by atoms with E-state index in [9.17, 15) is 43.2 Å². The summed E-state index contributed by atoms with van der Waals surface area (Å²) < 4.78 is 68.0. The zero-order valence-electron chi connectivity index (χ0n) is 56.9. The van der Waals surface area contributed by atoms with E-state index in [4.69, 9.17) is 37.0 Å². The van der Waals surface area contributed by atoms with Crippen LogP contribution in [-0.4, -0.2) is 96.7 Å². The zero-order valence-corrected chi connectivity index (χ0v) is 58.6. The number of carbonyl (C=O) groups excluding carboxylic acids is 4. The summed E-state index contributed by atoms with van der Waals surface area (Å²) in [6, 6.07) is 0. The molecule has 0 fully saturated rings.